The maximum atomic E-state index is 12.3. The van der Waals surface area contributed by atoms with Gasteiger partial charge in [-0.2, -0.15) is 18.3 Å². The van der Waals surface area contributed by atoms with E-state index in [1.54, 1.807) is 7.05 Å². The van der Waals surface area contributed by atoms with E-state index in [9.17, 15) is 13.2 Å². The molecule has 0 amide bonds. The molecule has 0 radical (unpaired) electrons. The van der Waals surface area contributed by atoms with Crippen LogP contribution in [0.1, 0.15) is 18.3 Å². The Hall–Kier alpha value is -0.750. The Kier molecular flexibility index (Phi) is 3.85. The molecule has 1 unspecified atom stereocenters. The van der Waals surface area contributed by atoms with Crippen LogP contribution in [0.4, 0.5) is 13.2 Å². The molecule has 0 aliphatic carbocycles. The van der Waals surface area contributed by atoms with E-state index in [0.29, 0.717) is 17.8 Å². The molecular formula is C9H13ClF3N3. The fourth-order valence-corrected chi connectivity index (χ4v) is 1.74. The lowest BCUT2D eigenvalue weighted by atomic mass is 10.1. The molecule has 0 saturated heterocycles. The summed E-state index contributed by atoms with van der Waals surface area (Å²) < 4.78 is 38.2. The minimum Gasteiger partial charge on any atom is -0.320 e. The molecule has 92 valence electrons. The van der Waals surface area contributed by atoms with Gasteiger partial charge in [0.25, 0.3) is 0 Å². The summed E-state index contributed by atoms with van der Waals surface area (Å²) in [5.41, 5.74) is 5.96. The van der Waals surface area contributed by atoms with E-state index >= 15 is 0 Å². The summed E-state index contributed by atoms with van der Waals surface area (Å²) in [6.45, 7) is 1.84. The van der Waals surface area contributed by atoms with E-state index in [4.69, 9.17) is 17.3 Å². The first-order valence-electron chi connectivity index (χ1n) is 4.79. The molecule has 1 aromatic heterocycles. The third kappa shape index (κ3) is 2.68. The van der Waals surface area contributed by atoms with E-state index in [-0.39, 0.29) is 11.4 Å². The van der Waals surface area contributed by atoms with Crippen molar-refractivity contribution in [3.05, 3.63) is 16.4 Å². The molecule has 0 aliphatic rings. The number of hydrogen-bond acceptors (Lipinski definition) is 2. The summed E-state index contributed by atoms with van der Waals surface area (Å²) in [5, 5.41) is 4.31. The third-order valence-corrected chi connectivity index (χ3v) is 2.77. The average Bonchev–Trinajstić information content (AvgIpc) is 2.43. The van der Waals surface area contributed by atoms with Crippen LogP contribution in [-0.2, 0) is 19.9 Å². The molecule has 0 bridgehead atoms. The van der Waals surface area contributed by atoms with E-state index in [1.807, 2.05) is 6.92 Å². The highest BCUT2D eigenvalue weighted by Crippen LogP contribution is 2.26. The summed E-state index contributed by atoms with van der Waals surface area (Å²) in [5.74, 6) is 0. The smallest absolute Gasteiger partial charge is 0.320 e. The van der Waals surface area contributed by atoms with Crippen LogP contribution in [0.3, 0.4) is 0 Å². The Bertz CT molecular complexity index is 373. The molecule has 1 atom stereocenters. The normalized spacial score (nSPS) is 14.2. The van der Waals surface area contributed by atoms with Gasteiger partial charge < -0.3 is 5.73 Å². The minimum atomic E-state index is -4.42. The maximum Gasteiger partial charge on any atom is 0.404 e. The summed E-state index contributed by atoms with van der Waals surface area (Å²) in [4.78, 5) is 0. The van der Waals surface area contributed by atoms with Crippen LogP contribution in [0.2, 0.25) is 5.02 Å². The van der Waals surface area contributed by atoms with Crippen molar-refractivity contribution in [3.8, 4) is 0 Å². The van der Waals surface area contributed by atoms with Crippen molar-refractivity contribution >= 4 is 11.6 Å². The molecule has 0 spiro atoms. The monoisotopic (exact) mass is 255 g/mol. The highest BCUT2D eigenvalue weighted by atomic mass is 35.5. The Labute approximate surface area is 96.4 Å². The molecule has 0 fully saturated rings. The zero-order valence-electron chi connectivity index (χ0n) is 8.98. The molecule has 1 aromatic rings. The van der Waals surface area contributed by atoms with Crippen molar-refractivity contribution in [1.29, 1.82) is 0 Å². The summed E-state index contributed by atoms with van der Waals surface area (Å²) in [6, 6.07) is -1.91. The number of nitrogens with zero attached hydrogens (tertiary/aromatic N) is 2. The SMILES string of the molecule is CCc1nn(C)c(CC(N)C(F)(F)F)c1Cl. The van der Waals surface area contributed by atoms with Gasteiger partial charge in [0.15, 0.2) is 0 Å². The van der Waals surface area contributed by atoms with Crippen LogP contribution < -0.4 is 5.73 Å². The first-order valence-corrected chi connectivity index (χ1v) is 5.17. The molecular weight excluding hydrogens is 243 g/mol. The fraction of sp³-hybridized carbons (Fsp3) is 0.667. The molecule has 16 heavy (non-hydrogen) atoms. The predicted octanol–water partition coefficient (Wildman–Crippen LogP) is 2.07. The van der Waals surface area contributed by atoms with Crippen LogP contribution in [0.15, 0.2) is 0 Å². The van der Waals surface area contributed by atoms with Gasteiger partial charge in [-0.3, -0.25) is 4.68 Å². The lowest BCUT2D eigenvalue weighted by molar-refractivity contribution is -0.147. The van der Waals surface area contributed by atoms with Gasteiger partial charge in [-0.15, -0.1) is 0 Å². The van der Waals surface area contributed by atoms with Crippen LogP contribution in [0.5, 0.6) is 0 Å². The second-order valence-electron chi connectivity index (χ2n) is 3.54. The number of hydrogen-bond donors (Lipinski definition) is 1. The highest BCUT2D eigenvalue weighted by Gasteiger charge is 2.37. The van der Waals surface area contributed by atoms with Crippen LogP contribution in [-0.4, -0.2) is 22.0 Å². The number of halogens is 4. The molecule has 1 rings (SSSR count). The zero-order chi connectivity index (χ0) is 12.5. The standard InChI is InChI=1S/C9H13ClF3N3/c1-3-5-8(10)6(16(2)15-5)4-7(14)9(11,12)13/h7H,3-4,14H2,1-2H3. The van der Waals surface area contributed by atoms with Crippen molar-refractivity contribution in [2.24, 2.45) is 12.8 Å². The number of aryl methyl sites for hydroxylation is 2. The molecule has 3 nitrogen and oxygen atoms in total. The fourth-order valence-electron chi connectivity index (χ4n) is 1.37. The van der Waals surface area contributed by atoms with Crippen molar-refractivity contribution in [3.63, 3.8) is 0 Å². The Balaban J connectivity index is 2.93. The molecule has 0 aliphatic heterocycles. The van der Waals surface area contributed by atoms with Gasteiger partial charge in [-0.25, -0.2) is 0 Å². The number of rotatable bonds is 3. The highest BCUT2D eigenvalue weighted by molar-refractivity contribution is 6.31. The first kappa shape index (κ1) is 13.3. The van der Waals surface area contributed by atoms with Crippen molar-refractivity contribution in [1.82, 2.24) is 9.78 Å². The lowest BCUT2D eigenvalue weighted by Crippen LogP contribution is -2.39. The Morgan fingerprint density at radius 1 is 1.50 bits per heavy atom. The van der Waals surface area contributed by atoms with Crippen molar-refractivity contribution in [2.75, 3.05) is 0 Å². The van der Waals surface area contributed by atoms with E-state index < -0.39 is 12.2 Å². The first-order chi connectivity index (χ1) is 7.27. The van der Waals surface area contributed by atoms with Crippen LogP contribution >= 0.6 is 11.6 Å². The molecule has 7 heteroatoms. The number of aromatic nitrogens is 2. The van der Waals surface area contributed by atoms with Crippen LogP contribution in [0, 0.1) is 0 Å². The molecule has 2 N–H and O–H groups in total. The average molecular weight is 256 g/mol. The Morgan fingerprint density at radius 2 is 2.06 bits per heavy atom. The third-order valence-electron chi connectivity index (χ3n) is 2.34. The van der Waals surface area contributed by atoms with E-state index in [1.165, 1.54) is 4.68 Å². The van der Waals surface area contributed by atoms with E-state index in [0.717, 1.165) is 0 Å². The second-order valence-corrected chi connectivity index (χ2v) is 3.91. The molecule has 1 heterocycles. The quantitative estimate of drug-likeness (QED) is 0.899. The minimum absolute atomic E-state index is 0.282. The van der Waals surface area contributed by atoms with Gasteiger partial charge in [0, 0.05) is 13.5 Å². The summed E-state index contributed by atoms with van der Waals surface area (Å²) in [7, 11) is 1.56. The lowest BCUT2D eigenvalue weighted by Gasteiger charge is -2.15. The Morgan fingerprint density at radius 3 is 2.44 bits per heavy atom. The van der Waals surface area contributed by atoms with Crippen LogP contribution in [0.25, 0.3) is 0 Å². The topological polar surface area (TPSA) is 43.8 Å². The zero-order valence-corrected chi connectivity index (χ0v) is 9.73. The van der Waals surface area contributed by atoms with Gasteiger partial charge in [0.2, 0.25) is 0 Å². The molecule has 0 aromatic carbocycles. The summed E-state index contributed by atoms with van der Waals surface area (Å²) >= 11 is 5.92. The summed E-state index contributed by atoms with van der Waals surface area (Å²) in [6.07, 6.45) is -4.19. The van der Waals surface area contributed by atoms with Gasteiger partial charge in [0.1, 0.15) is 6.04 Å². The van der Waals surface area contributed by atoms with Gasteiger partial charge in [-0.1, -0.05) is 18.5 Å². The molecule has 0 saturated carbocycles. The number of alkyl halides is 3. The van der Waals surface area contributed by atoms with Gasteiger partial charge in [0.05, 0.1) is 16.4 Å². The van der Waals surface area contributed by atoms with Gasteiger partial charge in [-0.05, 0) is 6.42 Å². The predicted molar refractivity (Wildman–Crippen MR) is 55.3 cm³/mol. The van der Waals surface area contributed by atoms with Crippen molar-refractivity contribution in [2.45, 2.75) is 32.0 Å². The van der Waals surface area contributed by atoms with E-state index in [2.05, 4.69) is 5.10 Å². The van der Waals surface area contributed by atoms with Gasteiger partial charge >= 0.3 is 6.18 Å². The van der Waals surface area contributed by atoms with Crippen molar-refractivity contribution < 1.29 is 13.2 Å². The maximum absolute atomic E-state index is 12.3. The largest absolute Gasteiger partial charge is 0.404 e. The second kappa shape index (κ2) is 4.63. The number of nitrogens with two attached hydrogens (primary N) is 1.